The van der Waals surface area contributed by atoms with Crippen molar-refractivity contribution in [1.29, 1.82) is 0 Å². The van der Waals surface area contributed by atoms with Crippen LogP contribution in [-0.4, -0.2) is 34.5 Å². The topological polar surface area (TPSA) is 68.5 Å². The Morgan fingerprint density at radius 1 is 1.21 bits per heavy atom. The first-order chi connectivity index (χ1) is 15.8. The monoisotopic (exact) mass is 519 g/mol. The van der Waals surface area contributed by atoms with Crippen LogP contribution in [0.5, 0.6) is 11.5 Å². The number of ether oxygens (including phenoxy) is 2. The van der Waals surface area contributed by atoms with Gasteiger partial charge in [0.05, 0.1) is 10.9 Å². The molecular formula is C21H22F5N3O3SSi. The summed E-state index contributed by atoms with van der Waals surface area (Å²) in [7, 11) is -1.40. The van der Waals surface area contributed by atoms with E-state index in [0.717, 1.165) is 30.4 Å². The molecule has 6 nitrogen and oxygen atoms in total. The quantitative estimate of drug-likeness (QED) is 0.150. The third-order valence-electron chi connectivity index (χ3n) is 4.71. The number of anilines is 1. The van der Waals surface area contributed by atoms with E-state index >= 15 is 0 Å². The highest BCUT2D eigenvalue weighted by atomic mass is 32.1. The standard InChI is InChI=1S/C21H22F5N3O3SSi/c1-34(2,3)7-6-31-11-29-10-13(21(24,25)26)17-16(4-5-27-19(17)29)32-18-14(22)8-12(9-15(18)23)28-20(30)33/h4-5,8-10H,6-7,11H2,1-3H3,(H2,28,30,33). The van der Waals surface area contributed by atoms with Crippen molar-refractivity contribution in [3.8, 4) is 11.5 Å². The Hall–Kier alpha value is -2.77. The number of nitrogens with one attached hydrogen (secondary N) is 1. The van der Waals surface area contributed by atoms with E-state index < -0.39 is 53.5 Å². The number of hydrogen-bond acceptors (Lipinski definition) is 4. The highest BCUT2D eigenvalue weighted by Crippen LogP contribution is 2.42. The van der Waals surface area contributed by atoms with Crippen LogP contribution in [0.1, 0.15) is 5.56 Å². The van der Waals surface area contributed by atoms with Crippen LogP contribution in [0.3, 0.4) is 0 Å². The van der Waals surface area contributed by atoms with E-state index in [4.69, 9.17) is 14.6 Å². The number of pyridine rings is 1. The van der Waals surface area contributed by atoms with Crippen molar-refractivity contribution >= 4 is 42.2 Å². The second-order valence-corrected chi connectivity index (χ2v) is 14.7. The summed E-state index contributed by atoms with van der Waals surface area (Å²) >= 11 is 4.41. The van der Waals surface area contributed by atoms with Crippen molar-refractivity contribution in [1.82, 2.24) is 9.55 Å². The van der Waals surface area contributed by atoms with Crippen LogP contribution in [0.15, 0.2) is 30.6 Å². The van der Waals surface area contributed by atoms with Crippen molar-refractivity contribution in [2.24, 2.45) is 0 Å². The van der Waals surface area contributed by atoms with Crippen LogP contribution in [0, 0.1) is 11.6 Å². The molecule has 0 fully saturated rings. The predicted octanol–water partition coefficient (Wildman–Crippen LogP) is 6.69. The molecule has 0 atom stereocenters. The molecule has 2 aromatic heterocycles. The summed E-state index contributed by atoms with van der Waals surface area (Å²) in [6.45, 7) is 6.63. The summed E-state index contributed by atoms with van der Waals surface area (Å²) < 4.78 is 82.4. The number of fused-ring (bicyclic) bond motifs is 1. The van der Waals surface area contributed by atoms with Crippen LogP contribution in [-0.2, 0) is 17.6 Å². The summed E-state index contributed by atoms with van der Waals surface area (Å²) in [6, 6.07) is 3.47. The molecule has 0 unspecified atom stereocenters. The Labute approximate surface area is 198 Å². The largest absolute Gasteiger partial charge is 0.486 e. The summed E-state index contributed by atoms with van der Waals surface area (Å²) in [6.07, 6.45) is -2.78. The van der Waals surface area contributed by atoms with Gasteiger partial charge in [-0.25, -0.2) is 13.8 Å². The van der Waals surface area contributed by atoms with E-state index in [0.29, 0.717) is 6.61 Å². The molecule has 184 valence electrons. The Kier molecular flexibility index (Phi) is 7.48. The van der Waals surface area contributed by atoms with Crippen LogP contribution < -0.4 is 10.1 Å². The van der Waals surface area contributed by atoms with Crippen LogP contribution in [0.2, 0.25) is 25.7 Å². The molecule has 0 amide bonds. The number of aliphatic hydroxyl groups excluding tert-OH is 1. The number of aromatic nitrogens is 2. The maximum Gasteiger partial charge on any atom is 0.418 e. The SMILES string of the molecule is C[Si](C)(C)CCOCn1cc(C(F)(F)F)c2c(Oc3c(F)cc(NC(O)=S)cc3F)ccnc21. The lowest BCUT2D eigenvalue weighted by Gasteiger charge is -2.15. The normalized spacial score (nSPS) is 12.2. The number of thiocarbonyl (C=S) groups is 1. The summed E-state index contributed by atoms with van der Waals surface area (Å²) in [5, 5.41) is 10.0. The van der Waals surface area contributed by atoms with Gasteiger partial charge in [0.2, 0.25) is 0 Å². The van der Waals surface area contributed by atoms with E-state index in [1.165, 1.54) is 10.8 Å². The van der Waals surface area contributed by atoms with Gasteiger partial charge in [0.1, 0.15) is 18.1 Å². The number of nitrogens with zero attached hydrogens (tertiary/aromatic N) is 2. The molecular weight excluding hydrogens is 497 g/mol. The number of rotatable bonds is 8. The van der Waals surface area contributed by atoms with Crippen molar-refractivity contribution in [3.05, 3.63) is 47.8 Å². The minimum atomic E-state index is -4.79. The third-order valence-corrected chi connectivity index (χ3v) is 6.52. The second kappa shape index (κ2) is 9.84. The van der Waals surface area contributed by atoms with Gasteiger partial charge >= 0.3 is 6.18 Å². The van der Waals surface area contributed by atoms with Crippen molar-refractivity contribution < 1.29 is 36.5 Å². The lowest BCUT2D eigenvalue weighted by Crippen LogP contribution is -2.22. The first-order valence-electron chi connectivity index (χ1n) is 10.1. The lowest BCUT2D eigenvalue weighted by atomic mass is 10.2. The summed E-state index contributed by atoms with van der Waals surface area (Å²) in [5.74, 6) is -3.79. The average Bonchev–Trinajstić information content (AvgIpc) is 3.07. The molecule has 1 aromatic carbocycles. The molecule has 2 N–H and O–H groups in total. The van der Waals surface area contributed by atoms with Crippen LogP contribution in [0.25, 0.3) is 11.0 Å². The second-order valence-electron chi connectivity index (χ2n) is 8.67. The molecule has 3 aromatic rings. The van der Waals surface area contributed by atoms with E-state index in [9.17, 15) is 22.0 Å². The highest BCUT2D eigenvalue weighted by molar-refractivity contribution is 7.80. The maximum atomic E-state index is 14.5. The molecule has 0 saturated heterocycles. The van der Waals surface area contributed by atoms with E-state index in [-0.39, 0.29) is 18.1 Å². The van der Waals surface area contributed by atoms with Gasteiger partial charge in [-0.2, -0.15) is 13.2 Å². The number of benzene rings is 1. The van der Waals surface area contributed by atoms with Gasteiger partial charge in [0.25, 0.3) is 5.17 Å². The van der Waals surface area contributed by atoms with Gasteiger partial charge in [0, 0.05) is 44.9 Å². The van der Waals surface area contributed by atoms with E-state index in [1.54, 1.807) is 0 Å². The number of alkyl halides is 3. The van der Waals surface area contributed by atoms with Gasteiger partial charge in [0.15, 0.2) is 17.4 Å². The summed E-state index contributed by atoms with van der Waals surface area (Å²) in [4.78, 5) is 4.01. The smallest absolute Gasteiger partial charge is 0.418 e. The molecule has 0 bridgehead atoms. The van der Waals surface area contributed by atoms with E-state index in [1.807, 2.05) is 0 Å². The van der Waals surface area contributed by atoms with Crippen molar-refractivity contribution in [3.63, 3.8) is 0 Å². The van der Waals surface area contributed by atoms with Crippen LogP contribution >= 0.6 is 12.2 Å². The molecule has 0 radical (unpaired) electrons. The lowest BCUT2D eigenvalue weighted by molar-refractivity contribution is -0.136. The van der Waals surface area contributed by atoms with E-state index in [2.05, 4.69) is 42.2 Å². The van der Waals surface area contributed by atoms with Gasteiger partial charge in [-0.3, -0.25) is 0 Å². The number of aliphatic hydroxyl groups is 1. The van der Waals surface area contributed by atoms with Gasteiger partial charge < -0.3 is 24.5 Å². The Balaban J connectivity index is 1.99. The summed E-state index contributed by atoms with van der Waals surface area (Å²) in [5.41, 5.74) is -1.39. The maximum absolute atomic E-state index is 14.5. The number of halogens is 5. The minimum Gasteiger partial charge on any atom is -0.486 e. The molecule has 34 heavy (non-hydrogen) atoms. The van der Waals surface area contributed by atoms with Crippen LogP contribution in [0.4, 0.5) is 27.6 Å². The zero-order valence-corrected chi connectivity index (χ0v) is 20.3. The molecule has 0 aliphatic rings. The first-order valence-corrected chi connectivity index (χ1v) is 14.2. The number of hydrogen-bond donors (Lipinski definition) is 2. The van der Waals surface area contributed by atoms with Gasteiger partial charge in [-0.1, -0.05) is 19.6 Å². The third kappa shape index (κ3) is 6.21. The predicted molar refractivity (Wildman–Crippen MR) is 124 cm³/mol. The Bertz CT molecular complexity index is 1190. The Morgan fingerprint density at radius 2 is 1.85 bits per heavy atom. The average molecular weight is 520 g/mol. The molecule has 13 heteroatoms. The molecule has 0 aliphatic heterocycles. The fraction of sp³-hybridized carbons (Fsp3) is 0.333. The first kappa shape index (κ1) is 25.8. The zero-order chi connectivity index (χ0) is 25.3. The molecule has 3 rings (SSSR count). The zero-order valence-electron chi connectivity index (χ0n) is 18.5. The molecule has 0 aliphatic carbocycles. The van der Waals surface area contributed by atoms with Gasteiger partial charge in [-0.15, -0.1) is 0 Å². The molecule has 0 saturated carbocycles. The fourth-order valence-corrected chi connectivity index (χ4v) is 3.96. The van der Waals surface area contributed by atoms with Crippen molar-refractivity contribution in [2.75, 3.05) is 11.9 Å². The van der Waals surface area contributed by atoms with Gasteiger partial charge in [-0.05, 0) is 24.3 Å². The van der Waals surface area contributed by atoms with Crippen molar-refractivity contribution in [2.45, 2.75) is 38.6 Å². The highest BCUT2D eigenvalue weighted by Gasteiger charge is 2.37. The minimum absolute atomic E-state index is 0.109. The molecule has 2 heterocycles. The Morgan fingerprint density at radius 3 is 2.41 bits per heavy atom. The fourth-order valence-electron chi connectivity index (χ4n) is 3.09. The molecule has 0 spiro atoms.